The van der Waals surface area contributed by atoms with Crippen LogP contribution in [0.25, 0.3) is 0 Å². The fourth-order valence-corrected chi connectivity index (χ4v) is 2.31. The summed E-state index contributed by atoms with van der Waals surface area (Å²) in [6, 6.07) is 11.9. The van der Waals surface area contributed by atoms with Gasteiger partial charge in [-0.15, -0.1) is 0 Å². The van der Waals surface area contributed by atoms with Crippen molar-refractivity contribution in [3.8, 4) is 5.75 Å². The zero-order valence-corrected chi connectivity index (χ0v) is 11.9. The number of ether oxygens (including phenoxy) is 1. The minimum absolute atomic E-state index is 0.593. The summed E-state index contributed by atoms with van der Waals surface area (Å²) in [5.41, 5.74) is 5.15. The van der Waals surface area contributed by atoms with E-state index < -0.39 is 6.10 Å². The molecule has 2 heteroatoms. The van der Waals surface area contributed by atoms with Crippen LogP contribution in [0.4, 0.5) is 0 Å². The fraction of sp³-hybridized carbons (Fsp3) is 0.294. The number of methoxy groups -OCH3 is 1. The Morgan fingerprint density at radius 1 is 0.947 bits per heavy atom. The van der Waals surface area contributed by atoms with Gasteiger partial charge in [-0.3, -0.25) is 0 Å². The third-order valence-corrected chi connectivity index (χ3v) is 3.46. The second-order valence-corrected chi connectivity index (χ2v) is 4.99. The Morgan fingerprint density at radius 3 is 2.32 bits per heavy atom. The van der Waals surface area contributed by atoms with Gasteiger partial charge in [-0.2, -0.15) is 0 Å². The summed E-state index contributed by atoms with van der Waals surface area (Å²) >= 11 is 0. The Balaban J connectivity index is 2.41. The van der Waals surface area contributed by atoms with Crippen LogP contribution in [0, 0.1) is 20.8 Å². The molecule has 0 bridgehead atoms. The molecular weight excluding hydrogens is 236 g/mol. The predicted molar refractivity (Wildman–Crippen MR) is 77.7 cm³/mol. The molecule has 0 spiro atoms. The maximum Gasteiger partial charge on any atom is 0.121 e. The quantitative estimate of drug-likeness (QED) is 0.907. The number of aliphatic hydroxyl groups excluding tert-OH is 1. The van der Waals surface area contributed by atoms with Crippen LogP contribution >= 0.6 is 0 Å². The van der Waals surface area contributed by atoms with Crippen LogP contribution < -0.4 is 4.74 Å². The highest BCUT2D eigenvalue weighted by Crippen LogP contribution is 2.28. The first-order valence-electron chi connectivity index (χ1n) is 6.42. The van der Waals surface area contributed by atoms with E-state index in [4.69, 9.17) is 4.74 Å². The Labute approximate surface area is 114 Å². The molecule has 0 heterocycles. The van der Waals surface area contributed by atoms with Crippen LogP contribution in [0.3, 0.4) is 0 Å². The molecule has 1 atom stereocenters. The molecule has 0 saturated heterocycles. The monoisotopic (exact) mass is 256 g/mol. The molecule has 0 aliphatic rings. The second kappa shape index (κ2) is 5.45. The molecule has 0 aliphatic carbocycles. The van der Waals surface area contributed by atoms with Crippen LogP contribution in [-0.4, -0.2) is 12.2 Å². The van der Waals surface area contributed by atoms with E-state index >= 15 is 0 Å². The molecule has 1 unspecified atom stereocenters. The molecule has 0 fully saturated rings. The minimum Gasteiger partial charge on any atom is -0.496 e. The van der Waals surface area contributed by atoms with Crippen LogP contribution in [0.5, 0.6) is 5.75 Å². The van der Waals surface area contributed by atoms with E-state index in [0.717, 1.165) is 33.6 Å². The van der Waals surface area contributed by atoms with Crippen LogP contribution in [0.2, 0.25) is 0 Å². The first-order valence-corrected chi connectivity index (χ1v) is 6.42. The number of aryl methyl sites for hydroxylation is 3. The van der Waals surface area contributed by atoms with E-state index in [9.17, 15) is 5.11 Å². The molecule has 2 aromatic carbocycles. The predicted octanol–water partition coefficient (Wildman–Crippen LogP) is 3.70. The molecule has 2 rings (SSSR count). The normalized spacial score (nSPS) is 12.3. The fourth-order valence-electron chi connectivity index (χ4n) is 2.31. The standard InChI is InChI=1S/C17H20O2/c1-11-5-6-12(2)15(9-11)17(18)14-7-8-16(19-4)13(3)10-14/h5-10,17-18H,1-4H3. The van der Waals surface area contributed by atoms with Gasteiger partial charge < -0.3 is 9.84 Å². The van der Waals surface area contributed by atoms with Gasteiger partial charge in [0.2, 0.25) is 0 Å². The Kier molecular flexibility index (Phi) is 3.91. The van der Waals surface area contributed by atoms with Gasteiger partial charge in [0.1, 0.15) is 11.9 Å². The highest BCUT2D eigenvalue weighted by atomic mass is 16.5. The average Bonchev–Trinajstić information content (AvgIpc) is 2.40. The largest absolute Gasteiger partial charge is 0.496 e. The van der Waals surface area contributed by atoms with Gasteiger partial charge in [0, 0.05) is 0 Å². The molecule has 100 valence electrons. The summed E-state index contributed by atoms with van der Waals surface area (Å²) in [5.74, 6) is 0.844. The summed E-state index contributed by atoms with van der Waals surface area (Å²) in [6.45, 7) is 6.04. The van der Waals surface area contributed by atoms with Crippen LogP contribution in [0.1, 0.15) is 33.9 Å². The third kappa shape index (κ3) is 2.79. The van der Waals surface area contributed by atoms with E-state index in [1.54, 1.807) is 7.11 Å². The number of benzene rings is 2. The molecule has 0 aliphatic heterocycles. The average molecular weight is 256 g/mol. The maximum absolute atomic E-state index is 10.5. The first kappa shape index (κ1) is 13.6. The Hall–Kier alpha value is -1.80. The van der Waals surface area contributed by atoms with Crippen LogP contribution in [0.15, 0.2) is 36.4 Å². The summed E-state index contributed by atoms with van der Waals surface area (Å²) in [7, 11) is 1.66. The number of aliphatic hydroxyl groups is 1. The van der Waals surface area contributed by atoms with E-state index in [-0.39, 0.29) is 0 Å². The van der Waals surface area contributed by atoms with E-state index in [0.29, 0.717) is 0 Å². The molecule has 2 nitrogen and oxygen atoms in total. The molecule has 1 N–H and O–H groups in total. The van der Waals surface area contributed by atoms with E-state index in [2.05, 4.69) is 6.07 Å². The summed E-state index contributed by atoms with van der Waals surface area (Å²) in [6.07, 6.45) is -0.593. The first-order chi connectivity index (χ1) is 9.02. The van der Waals surface area contributed by atoms with Crippen molar-refractivity contribution in [2.24, 2.45) is 0 Å². The Bertz CT molecular complexity index is 588. The summed E-state index contributed by atoms with van der Waals surface area (Å²) in [5, 5.41) is 10.5. The van der Waals surface area contributed by atoms with Gasteiger partial charge in [-0.25, -0.2) is 0 Å². The topological polar surface area (TPSA) is 29.5 Å². The molecular formula is C17H20O2. The van der Waals surface area contributed by atoms with Crippen molar-refractivity contribution in [1.29, 1.82) is 0 Å². The molecule has 0 saturated carbocycles. The van der Waals surface area contributed by atoms with Gasteiger partial charge in [0.25, 0.3) is 0 Å². The lowest BCUT2D eigenvalue weighted by Gasteiger charge is -2.16. The SMILES string of the molecule is COc1ccc(C(O)c2cc(C)ccc2C)cc1C. The van der Waals surface area contributed by atoms with Crippen molar-refractivity contribution in [1.82, 2.24) is 0 Å². The van der Waals surface area contributed by atoms with Crippen molar-refractivity contribution in [3.05, 3.63) is 64.2 Å². The van der Waals surface area contributed by atoms with Crippen LogP contribution in [-0.2, 0) is 0 Å². The van der Waals surface area contributed by atoms with Gasteiger partial charge in [-0.05, 0) is 55.2 Å². The van der Waals surface area contributed by atoms with Gasteiger partial charge in [0.15, 0.2) is 0 Å². The molecule has 0 aromatic heterocycles. The third-order valence-electron chi connectivity index (χ3n) is 3.46. The van der Waals surface area contributed by atoms with Crippen molar-refractivity contribution >= 4 is 0 Å². The van der Waals surface area contributed by atoms with Gasteiger partial charge in [-0.1, -0.05) is 29.8 Å². The van der Waals surface area contributed by atoms with E-state index in [1.807, 2.05) is 51.1 Å². The van der Waals surface area contributed by atoms with Crippen molar-refractivity contribution in [2.45, 2.75) is 26.9 Å². The number of hydrogen-bond acceptors (Lipinski definition) is 2. The zero-order chi connectivity index (χ0) is 14.0. The second-order valence-electron chi connectivity index (χ2n) is 4.99. The lowest BCUT2D eigenvalue weighted by Crippen LogP contribution is -2.03. The molecule has 0 amide bonds. The highest BCUT2D eigenvalue weighted by Gasteiger charge is 2.14. The van der Waals surface area contributed by atoms with E-state index in [1.165, 1.54) is 0 Å². The lowest BCUT2D eigenvalue weighted by molar-refractivity contribution is 0.219. The summed E-state index contributed by atoms with van der Waals surface area (Å²) in [4.78, 5) is 0. The Morgan fingerprint density at radius 2 is 1.68 bits per heavy atom. The van der Waals surface area contributed by atoms with Gasteiger partial charge >= 0.3 is 0 Å². The van der Waals surface area contributed by atoms with Crippen molar-refractivity contribution in [3.63, 3.8) is 0 Å². The van der Waals surface area contributed by atoms with Crippen molar-refractivity contribution in [2.75, 3.05) is 7.11 Å². The minimum atomic E-state index is -0.593. The number of hydrogen-bond donors (Lipinski definition) is 1. The molecule has 0 radical (unpaired) electrons. The molecule has 19 heavy (non-hydrogen) atoms. The summed E-state index contributed by atoms with van der Waals surface area (Å²) < 4.78 is 5.25. The number of rotatable bonds is 3. The zero-order valence-electron chi connectivity index (χ0n) is 11.9. The lowest BCUT2D eigenvalue weighted by atomic mass is 9.95. The highest BCUT2D eigenvalue weighted by molar-refractivity contribution is 5.42. The van der Waals surface area contributed by atoms with Gasteiger partial charge in [0.05, 0.1) is 7.11 Å². The maximum atomic E-state index is 10.5. The smallest absolute Gasteiger partial charge is 0.121 e. The molecule has 2 aromatic rings. The van der Waals surface area contributed by atoms with Crippen molar-refractivity contribution < 1.29 is 9.84 Å².